The third kappa shape index (κ3) is 9.24. The Kier molecular flexibility index (Phi) is 9.53. The van der Waals surface area contributed by atoms with Crippen LogP contribution in [0.4, 0.5) is 5.69 Å². The minimum atomic E-state index is -5.06. The van der Waals surface area contributed by atoms with Gasteiger partial charge in [-0.3, -0.25) is 8.76 Å². The molecule has 0 aliphatic heterocycles. The molecular weight excluding hydrogens is 388 g/mol. The fraction of sp³-hybridized carbons (Fsp3) is 0.400. The van der Waals surface area contributed by atoms with E-state index in [-0.39, 0.29) is 17.2 Å². The van der Waals surface area contributed by atoms with Crippen molar-refractivity contribution in [3.63, 3.8) is 0 Å². The molecule has 24 heavy (non-hydrogen) atoms. The van der Waals surface area contributed by atoms with Gasteiger partial charge in [-0.2, -0.15) is 8.42 Å². The molecule has 1 rings (SSSR count). The van der Waals surface area contributed by atoms with E-state index >= 15 is 0 Å². The molecule has 0 aliphatic rings. The van der Waals surface area contributed by atoms with Crippen LogP contribution in [0.15, 0.2) is 29.2 Å². The fourth-order valence-corrected chi connectivity index (χ4v) is 3.52. The van der Waals surface area contributed by atoms with E-state index in [1.807, 2.05) is 4.72 Å². The molecular formula is C10H17N2O9S3-. The lowest BCUT2D eigenvalue weighted by atomic mass is 10.3. The van der Waals surface area contributed by atoms with Crippen LogP contribution in [0.25, 0.3) is 0 Å². The van der Waals surface area contributed by atoms with Gasteiger partial charge in [0, 0.05) is 18.8 Å². The molecule has 0 aliphatic carbocycles. The molecule has 0 radical (unpaired) electrons. The highest BCUT2D eigenvalue weighted by molar-refractivity contribution is 7.89. The van der Waals surface area contributed by atoms with Gasteiger partial charge >= 0.3 is 10.4 Å². The number of aliphatic hydroxyl groups is 1. The Morgan fingerprint density at radius 1 is 1.38 bits per heavy atom. The zero-order chi connectivity index (χ0) is 19.0. The Morgan fingerprint density at radius 2 is 1.92 bits per heavy atom. The van der Waals surface area contributed by atoms with Crippen molar-refractivity contribution in [3.05, 3.63) is 24.3 Å². The van der Waals surface area contributed by atoms with Crippen molar-refractivity contribution >= 4 is 37.2 Å². The first-order valence-electron chi connectivity index (χ1n) is 6.12. The monoisotopic (exact) mass is 405 g/mol. The van der Waals surface area contributed by atoms with Crippen LogP contribution in [0.5, 0.6) is 0 Å². The molecule has 1 aromatic carbocycles. The third-order valence-corrected chi connectivity index (χ3v) is 4.76. The maximum atomic E-state index is 11.8. The van der Waals surface area contributed by atoms with Crippen LogP contribution in [0, 0.1) is 0 Å². The van der Waals surface area contributed by atoms with Crippen LogP contribution in [-0.2, 0) is 35.7 Å². The number of hydrogen-bond acceptors (Lipinski definition) is 9. The van der Waals surface area contributed by atoms with E-state index in [2.05, 4.69) is 4.18 Å². The summed E-state index contributed by atoms with van der Waals surface area (Å²) in [7, 11) is -9.18. The summed E-state index contributed by atoms with van der Waals surface area (Å²) in [6.45, 7) is 1.01. The highest BCUT2D eigenvalue weighted by Gasteiger charge is 2.22. The van der Waals surface area contributed by atoms with Crippen molar-refractivity contribution in [1.82, 2.24) is 4.72 Å². The topological polar surface area (TPSA) is 196 Å². The van der Waals surface area contributed by atoms with Crippen LogP contribution >= 0.6 is 0 Å². The van der Waals surface area contributed by atoms with Crippen molar-refractivity contribution in [2.24, 2.45) is 0 Å². The average Bonchev–Trinajstić information content (AvgIpc) is 2.43. The Balaban J connectivity index is 0.00000163. The van der Waals surface area contributed by atoms with Gasteiger partial charge in [-0.15, -0.1) is 0 Å². The molecule has 11 nitrogen and oxygen atoms in total. The van der Waals surface area contributed by atoms with Gasteiger partial charge in [0.1, 0.15) is 0 Å². The number of sulfonamides is 1. The van der Waals surface area contributed by atoms with E-state index < -0.39 is 43.5 Å². The number of anilines is 1. The van der Waals surface area contributed by atoms with Crippen molar-refractivity contribution in [3.8, 4) is 0 Å². The van der Waals surface area contributed by atoms with Gasteiger partial charge in [0.15, 0.2) is 5.44 Å². The summed E-state index contributed by atoms with van der Waals surface area (Å²) in [6.07, 6.45) is 0. The second kappa shape index (κ2) is 10.00. The Hall–Kier alpha value is -1.13. The van der Waals surface area contributed by atoms with Gasteiger partial charge in [-0.25, -0.2) is 17.3 Å². The molecule has 0 heterocycles. The molecule has 0 bridgehead atoms. The van der Waals surface area contributed by atoms with E-state index in [1.165, 1.54) is 18.2 Å². The van der Waals surface area contributed by atoms with Crippen LogP contribution in [0.3, 0.4) is 0 Å². The number of aliphatic hydroxyl groups excluding tert-OH is 1. The lowest BCUT2D eigenvalue weighted by molar-refractivity contribution is 0.236. The fourth-order valence-electron chi connectivity index (χ4n) is 1.21. The lowest BCUT2D eigenvalue weighted by Crippen LogP contribution is -2.37. The molecule has 5 N–H and O–H groups in total. The summed E-state index contributed by atoms with van der Waals surface area (Å²) in [4.78, 5) is -0.246. The minimum Gasteiger partial charge on any atom is -0.770 e. The average molecular weight is 405 g/mol. The van der Waals surface area contributed by atoms with E-state index in [0.717, 1.165) is 6.07 Å². The maximum Gasteiger partial charge on any atom is 0.398 e. The molecule has 0 aromatic heterocycles. The number of benzene rings is 1. The van der Waals surface area contributed by atoms with Crippen molar-refractivity contribution in [1.29, 1.82) is 0 Å². The van der Waals surface area contributed by atoms with E-state index in [0.29, 0.717) is 0 Å². The summed E-state index contributed by atoms with van der Waals surface area (Å²) in [6, 6.07) is 5.12. The smallest absolute Gasteiger partial charge is 0.398 e. The summed E-state index contributed by atoms with van der Waals surface area (Å²) in [5, 5.41) is 7.57. The van der Waals surface area contributed by atoms with E-state index in [1.54, 1.807) is 6.92 Å². The quantitative estimate of drug-likeness (QED) is 0.237. The van der Waals surface area contributed by atoms with E-state index in [9.17, 15) is 25.6 Å². The molecule has 1 aromatic rings. The molecule has 14 heteroatoms. The normalized spacial score (nSPS) is 14.3. The maximum absolute atomic E-state index is 11.8. The first-order valence-corrected chi connectivity index (χ1v) is 10.1. The Morgan fingerprint density at radius 3 is 2.33 bits per heavy atom. The minimum absolute atomic E-state index is 0.163. The zero-order valence-corrected chi connectivity index (χ0v) is 14.8. The molecule has 0 spiro atoms. The van der Waals surface area contributed by atoms with Crippen LogP contribution in [-0.4, -0.2) is 53.8 Å². The summed E-state index contributed by atoms with van der Waals surface area (Å²) in [5.41, 5.74) is 3.46. The van der Waals surface area contributed by atoms with Crippen molar-refractivity contribution in [2.75, 3.05) is 18.9 Å². The summed E-state index contributed by atoms with van der Waals surface area (Å²) in [5.74, 6) is 0. The second-order valence-electron chi connectivity index (χ2n) is 3.95. The first kappa shape index (κ1) is 22.9. The molecule has 2 atom stereocenters. The van der Waals surface area contributed by atoms with Crippen LogP contribution < -0.4 is 10.5 Å². The standard InChI is InChI=1S/C8H12N2O8S3.C2H6O/c9-6-2-1-3-7(4-6)20(13,14)10-5-8(19(11)12)18-21(15,16)17;1-2-3/h1-4,8,10H,5,9H2,(H,11,12)(H,15,16,17);3H,2H2,1H3/p-1. The Bertz CT molecular complexity index is 749. The predicted octanol–water partition coefficient (Wildman–Crippen LogP) is -1.43. The zero-order valence-electron chi connectivity index (χ0n) is 12.4. The number of nitrogens with two attached hydrogens (primary N) is 1. The Labute approximate surface area is 142 Å². The molecule has 140 valence electrons. The first-order chi connectivity index (χ1) is 10.9. The third-order valence-electron chi connectivity index (χ3n) is 2.05. The van der Waals surface area contributed by atoms with E-state index in [4.69, 9.17) is 15.4 Å². The highest BCUT2D eigenvalue weighted by Crippen LogP contribution is 2.13. The number of nitrogen functional groups attached to an aromatic ring is 1. The van der Waals surface area contributed by atoms with Crippen LogP contribution in [0.1, 0.15) is 6.92 Å². The molecule has 0 amide bonds. The molecule has 2 unspecified atom stereocenters. The van der Waals surface area contributed by atoms with Gasteiger partial charge in [0.25, 0.3) is 0 Å². The van der Waals surface area contributed by atoms with Gasteiger partial charge in [0.05, 0.1) is 4.90 Å². The summed E-state index contributed by atoms with van der Waals surface area (Å²) < 4.78 is 80.1. The van der Waals surface area contributed by atoms with Gasteiger partial charge in [-0.1, -0.05) is 6.07 Å². The van der Waals surface area contributed by atoms with Gasteiger partial charge in [0.2, 0.25) is 10.0 Å². The predicted molar refractivity (Wildman–Crippen MR) is 84.1 cm³/mol. The van der Waals surface area contributed by atoms with Crippen molar-refractivity contribution in [2.45, 2.75) is 17.3 Å². The number of rotatable bonds is 7. The van der Waals surface area contributed by atoms with Crippen molar-refractivity contribution < 1.29 is 39.4 Å². The van der Waals surface area contributed by atoms with Gasteiger partial charge < -0.3 is 15.4 Å². The summed E-state index contributed by atoms with van der Waals surface area (Å²) >= 11 is -3.11. The SMILES string of the molecule is CCO.Nc1cccc(S(=O)(=O)NCC(OS(=O)(=O)O)S(=O)[O-])c1. The van der Waals surface area contributed by atoms with Crippen LogP contribution in [0.2, 0.25) is 0 Å². The lowest BCUT2D eigenvalue weighted by Gasteiger charge is -2.18. The molecule has 0 saturated heterocycles. The molecule has 0 fully saturated rings. The molecule has 0 saturated carbocycles. The number of hydrogen-bond donors (Lipinski definition) is 4. The largest absolute Gasteiger partial charge is 0.770 e. The van der Waals surface area contributed by atoms with Gasteiger partial charge in [-0.05, 0) is 36.2 Å². The second-order valence-corrected chi connectivity index (χ2v) is 7.82. The highest BCUT2D eigenvalue weighted by atomic mass is 32.3. The number of nitrogens with one attached hydrogen (secondary N) is 1.